The Morgan fingerprint density at radius 3 is 2.67 bits per heavy atom. The van der Waals surface area contributed by atoms with Gasteiger partial charge in [0.25, 0.3) is 0 Å². The Kier molecular flexibility index (Phi) is 3.39. The summed E-state index contributed by atoms with van der Waals surface area (Å²) in [6, 6.07) is 7.32. The maximum atomic E-state index is 10.9. The van der Waals surface area contributed by atoms with Crippen molar-refractivity contribution in [1.82, 2.24) is 9.55 Å². The molecule has 18 heavy (non-hydrogen) atoms. The van der Waals surface area contributed by atoms with E-state index in [-0.39, 0.29) is 6.42 Å². The molecule has 0 saturated heterocycles. The molecule has 1 N–H and O–H groups in total. The molecule has 5 heteroatoms. The molecule has 94 valence electrons. The molecule has 1 aromatic carbocycles. The van der Waals surface area contributed by atoms with Gasteiger partial charge in [0, 0.05) is 0 Å². The van der Waals surface area contributed by atoms with Crippen LogP contribution in [0.4, 0.5) is 0 Å². The van der Waals surface area contributed by atoms with Gasteiger partial charge in [-0.25, -0.2) is 4.98 Å². The molecule has 1 heterocycles. The number of imidazole rings is 1. The van der Waals surface area contributed by atoms with E-state index in [0.29, 0.717) is 10.7 Å². The van der Waals surface area contributed by atoms with Crippen molar-refractivity contribution in [3.05, 3.63) is 46.5 Å². The summed E-state index contributed by atoms with van der Waals surface area (Å²) in [6.07, 6.45) is -0.0715. The number of aromatic nitrogens is 2. The highest BCUT2D eigenvalue weighted by molar-refractivity contribution is 6.32. The quantitative estimate of drug-likeness (QED) is 0.927. The van der Waals surface area contributed by atoms with E-state index >= 15 is 0 Å². The Bertz CT molecular complexity index is 605. The van der Waals surface area contributed by atoms with Gasteiger partial charge in [-0.2, -0.15) is 0 Å². The second-order valence-corrected chi connectivity index (χ2v) is 4.46. The van der Waals surface area contributed by atoms with Gasteiger partial charge in [-0.05, 0) is 26.0 Å². The third kappa shape index (κ3) is 2.24. The van der Waals surface area contributed by atoms with Crippen LogP contribution >= 0.6 is 11.6 Å². The van der Waals surface area contributed by atoms with E-state index < -0.39 is 5.97 Å². The fraction of sp³-hybridized carbons (Fsp3) is 0.231. The van der Waals surface area contributed by atoms with Gasteiger partial charge in [-0.15, -0.1) is 0 Å². The summed E-state index contributed by atoms with van der Waals surface area (Å²) in [5.74, 6) is -0.150. The van der Waals surface area contributed by atoms with Gasteiger partial charge in [0.1, 0.15) is 5.82 Å². The summed E-state index contributed by atoms with van der Waals surface area (Å²) >= 11 is 6.15. The Hall–Kier alpha value is -1.81. The minimum atomic E-state index is -0.883. The molecule has 0 saturated carbocycles. The van der Waals surface area contributed by atoms with Crippen LogP contribution in [-0.4, -0.2) is 20.6 Å². The standard InChI is InChI=1S/C13H13ClN2O2/c1-8-12(7-13(17)18)16(9(2)15-8)11-6-4-3-5-10(11)14/h3-6H,7H2,1-2H3,(H,17,18). The van der Waals surface area contributed by atoms with E-state index in [0.717, 1.165) is 17.2 Å². The number of carboxylic acids is 1. The van der Waals surface area contributed by atoms with E-state index in [9.17, 15) is 4.79 Å². The van der Waals surface area contributed by atoms with Crippen molar-refractivity contribution in [1.29, 1.82) is 0 Å². The molecule has 0 amide bonds. The lowest BCUT2D eigenvalue weighted by molar-refractivity contribution is -0.136. The first kappa shape index (κ1) is 12.6. The highest BCUT2D eigenvalue weighted by atomic mass is 35.5. The lowest BCUT2D eigenvalue weighted by Crippen LogP contribution is -2.09. The van der Waals surface area contributed by atoms with E-state index in [1.165, 1.54) is 0 Å². The average molecular weight is 265 g/mol. The Morgan fingerprint density at radius 2 is 2.06 bits per heavy atom. The minimum Gasteiger partial charge on any atom is -0.481 e. The highest BCUT2D eigenvalue weighted by Gasteiger charge is 2.17. The van der Waals surface area contributed by atoms with E-state index in [4.69, 9.17) is 16.7 Å². The molecule has 2 aromatic rings. The maximum Gasteiger partial charge on any atom is 0.309 e. The van der Waals surface area contributed by atoms with Gasteiger partial charge in [0.05, 0.1) is 28.5 Å². The first-order chi connectivity index (χ1) is 8.50. The van der Waals surface area contributed by atoms with Crippen LogP contribution in [0.3, 0.4) is 0 Å². The Labute approximate surface area is 110 Å². The molecule has 0 bridgehead atoms. The molecule has 0 radical (unpaired) electrons. The summed E-state index contributed by atoms with van der Waals surface area (Å²) in [6.45, 7) is 3.64. The molecule has 0 atom stereocenters. The molecule has 1 aromatic heterocycles. The second kappa shape index (κ2) is 4.82. The Balaban J connectivity index is 2.63. The highest BCUT2D eigenvalue weighted by Crippen LogP contribution is 2.25. The summed E-state index contributed by atoms with van der Waals surface area (Å²) in [5, 5.41) is 9.54. The fourth-order valence-electron chi connectivity index (χ4n) is 2.02. The van der Waals surface area contributed by atoms with Crippen LogP contribution in [0.15, 0.2) is 24.3 Å². The molecule has 2 rings (SSSR count). The lowest BCUT2D eigenvalue weighted by atomic mass is 10.2. The number of aryl methyl sites for hydroxylation is 2. The fourth-order valence-corrected chi connectivity index (χ4v) is 2.24. The van der Waals surface area contributed by atoms with Crippen LogP contribution in [0, 0.1) is 13.8 Å². The van der Waals surface area contributed by atoms with Crippen LogP contribution in [0.1, 0.15) is 17.2 Å². The second-order valence-electron chi connectivity index (χ2n) is 4.05. The van der Waals surface area contributed by atoms with Gasteiger partial charge in [-0.3, -0.25) is 9.36 Å². The molecule has 0 aliphatic rings. The van der Waals surface area contributed by atoms with Crippen LogP contribution < -0.4 is 0 Å². The number of aliphatic carboxylic acids is 1. The lowest BCUT2D eigenvalue weighted by Gasteiger charge is -2.11. The number of carboxylic acid groups (broad SMARTS) is 1. The smallest absolute Gasteiger partial charge is 0.309 e. The zero-order valence-electron chi connectivity index (χ0n) is 10.1. The monoisotopic (exact) mass is 264 g/mol. The van der Waals surface area contributed by atoms with Crippen LogP contribution in [0.25, 0.3) is 5.69 Å². The van der Waals surface area contributed by atoms with Crippen molar-refractivity contribution in [2.24, 2.45) is 0 Å². The van der Waals surface area contributed by atoms with Gasteiger partial charge in [-0.1, -0.05) is 23.7 Å². The van der Waals surface area contributed by atoms with Crippen LogP contribution in [0.2, 0.25) is 5.02 Å². The molecule has 0 aliphatic carbocycles. The number of benzene rings is 1. The number of halogens is 1. The molecule has 0 unspecified atom stereocenters. The van der Waals surface area contributed by atoms with Crippen molar-refractivity contribution in [3.63, 3.8) is 0 Å². The number of nitrogens with zero attached hydrogens (tertiary/aromatic N) is 2. The van der Waals surface area contributed by atoms with E-state index in [2.05, 4.69) is 4.98 Å². The van der Waals surface area contributed by atoms with Gasteiger partial charge >= 0.3 is 5.97 Å². The normalized spacial score (nSPS) is 10.6. The van der Waals surface area contributed by atoms with Gasteiger partial charge < -0.3 is 5.11 Å². The van der Waals surface area contributed by atoms with E-state index in [1.54, 1.807) is 17.6 Å². The molecule has 4 nitrogen and oxygen atoms in total. The van der Waals surface area contributed by atoms with Crippen molar-refractivity contribution in [2.45, 2.75) is 20.3 Å². The zero-order chi connectivity index (χ0) is 13.3. The van der Waals surface area contributed by atoms with Crippen molar-refractivity contribution in [3.8, 4) is 5.69 Å². The topological polar surface area (TPSA) is 55.1 Å². The first-order valence-corrected chi connectivity index (χ1v) is 5.90. The number of carbonyl (C=O) groups is 1. The summed E-state index contributed by atoms with van der Waals surface area (Å²) in [7, 11) is 0. The molecule has 0 fully saturated rings. The molecular weight excluding hydrogens is 252 g/mol. The van der Waals surface area contributed by atoms with Gasteiger partial charge in [0.15, 0.2) is 0 Å². The largest absolute Gasteiger partial charge is 0.481 e. The zero-order valence-corrected chi connectivity index (χ0v) is 10.9. The number of hydrogen-bond donors (Lipinski definition) is 1. The third-order valence-corrected chi connectivity index (χ3v) is 3.07. The van der Waals surface area contributed by atoms with Gasteiger partial charge in [0.2, 0.25) is 0 Å². The molecule has 0 aliphatic heterocycles. The average Bonchev–Trinajstić information content (AvgIpc) is 2.55. The number of rotatable bonds is 3. The van der Waals surface area contributed by atoms with Crippen LogP contribution in [0.5, 0.6) is 0 Å². The van der Waals surface area contributed by atoms with Crippen molar-refractivity contribution in [2.75, 3.05) is 0 Å². The number of para-hydroxylation sites is 1. The third-order valence-electron chi connectivity index (χ3n) is 2.75. The Morgan fingerprint density at radius 1 is 1.39 bits per heavy atom. The van der Waals surface area contributed by atoms with E-state index in [1.807, 2.05) is 25.1 Å². The molecular formula is C13H13ClN2O2. The summed E-state index contributed by atoms with van der Waals surface area (Å²) in [5.41, 5.74) is 2.14. The predicted octanol–water partition coefficient (Wildman–Crippen LogP) is 2.77. The number of hydrogen-bond acceptors (Lipinski definition) is 2. The summed E-state index contributed by atoms with van der Waals surface area (Å²) < 4.78 is 1.80. The predicted molar refractivity (Wildman–Crippen MR) is 69.4 cm³/mol. The first-order valence-electron chi connectivity index (χ1n) is 5.52. The SMILES string of the molecule is Cc1nc(C)n(-c2ccccc2Cl)c1CC(=O)O. The van der Waals surface area contributed by atoms with Crippen LogP contribution in [-0.2, 0) is 11.2 Å². The molecule has 0 spiro atoms. The van der Waals surface area contributed by atoms with Crippen molar-refractivity contribution < 1.29 is 9.90 Å². The minimum absolute atomic E-state index is 0.0715. The van der Waals surface area contributed by atoms with Crippen molar-refractivity contribution >= 4 is 17.6 Å². The summed E-state index contributed by atoms with van der Waals surface area (Å²) in [4.78, 5) is 15.2. The maximum absolute atomic E-state index is 10.9.